The molecule has 1 aromatic heterocycles. The number of nitrogens with zero attached hydrogens (tertiary/aromatic N) is 2. The second-order valence-corrected chi connectivity index (χ2v) is 4.68. The molecule has 0 amide bonds. The second kappa shape index (κ2) is 8.23. The molecular formula is C13H22F3N3O2. The lowest BCUT2D eigenvalue weighted by molar-refractivity contribution is -0.174. The zero-order chi connectivity index (χ0) is 15.9. The number of methoxy groups -OCH3 is 1. The standard InChI is InChI=1S/C13H22F3N3O2/c1-4-6-17-10(5-7-21-9-13(14,15)16)12-11(20-3)8-18-19(12)2/h8,10,17H,4-7,9H2,1-3H3. The Balaban J connectivity index is 2.65. The number of rotatable bonds is 9. The SMILES string of the molecule is CCCNC(CCOCC(F)(F)F)c1c(OC)cnn1C. The molecule has 21 heavy (non-hydrogen) atoms. The Morgan fingerprint density at radius 2 is 2.14 bits per heavy atom. The highest BCUT2D eigenvalue weighted by Gasteiger charge is 2.28. The normalized spacial score (nSPS) is 13.4. The quantitative estimate of drug-likeness (QED) is 0.712. The largest absolute Gasteiger partial charge is 0.493 e. The average Bonchev–Trinajstić information content (AvgIpc) is 2.78. The van der Waals surface area contributed by atoms with Crippen molar-refractivity contribution in [2.75, 3.05) is 26.9 Å². The van der Waals surface area contributed by atoms with E-state index in [4.69, 9.17) is 4.74 Å². The van der Waals surface area contributed by atoms with Crippen LogP contribution in [0.2, 0.25) is 0 Å². The van der Waals surface area contributed by atoms with E-state index in [0.29, 0.717) is 12.2 Å². The molecule has 0 aromatic carbocycles. The fourth-order valence-corrected chi connectivity index (χ4v) is 2.02. The van der Waals surface area contributed by atoms with Crippen molar-refractivity contribution >= 4 is 0 Å². The summed E-state index contributed by atoms with van der Waals surface area (Å²) in [4.78, 5) is 0. The molecule has 0 saturated heterocycles. The average molecular weight is 309 g/mol. The van der Waals surface area contributed by atoms with Gasteiger partial charge in [-0.15, -0.1) is 0 Å². The highest BCUT2D eigenvalue weighted by atomic mass is 19.4. The number of aryl methyl sites for hydroxylation is 1. The number of nitrogens with one attached hydrogen (secondary N) is 1. The van der Waals surface area contributed by atoms with E-state index in [2.05, 4.69) is 15.2 Å². The van der Waals surface area contributed by atoms with Crippen LogP contribution >= 0.6 is 0 Å². The summed E-state index contributed by atoms with van der Waals surface area (Å²) in [6, 6.07) is -0.166. The fraction of sp³-hybridized carbons (Fsp3) is 0.769. The molecule has 1 unspecified atom stereocenters. The van der Waals surface area contributed by atoms with Crippen molar-refractivity contribution < 1.29 is 22.6 Å². The molecule has 0 aliphatic carbocycles. The van der Waals surface area contributed by atoms with E-state index >= 15 is 0 Å². The van der Waals surface area contributed by atoms with Crippen LogP contribution in [-0.4, -0.2) is 42.8 Å². The minimum absolute atomic E-state index is 0.00915. The molecule has 1 N–H and O–H groups in total. The maximum atomic E-state index is 12.1. The summed E-state index contributed by atoms with van der Waals surface area (Å²) < 4.78 is 47.8. The molecule has 1 aromatic rings. The van der Waals surface area contributed by atoms with E-state index in [1.54, 1.807) is 17.9 Å². The molecule has 1 rings (SSSR count). The molecular weight excluding hydrogens is 287 g/mol. The number of hydrogen-bond donors (Lipinski definition) is 1. The van der Waals surface area contributed by atoms with Gasteiger partial charge in [-0.1, -0.05) is 6.92 Å². The molecule has 0 radical (unpaired) electrons. The van der Waals surface area contributed by atoms with E-state index in [-0.39, 0.29) is 12.6 Å². The Labute approximate surface area is 122 Å². The predicted molar refractivity (Wildman–Crippen MR) is 72.3 cm³/mol. The topological polar surface area (TPSA) is 48.3 Å². The monoisotopic (exact) mass is 309 g/mol. The van der Waals surface area contributed by atoms with Crippen molar-refractivity contribution in [1.29, 1.82) is 0 Å². The van der Waals surface area contributed by atoms with Gasteiger partial charge in [-0.05, 0) is 19.4 Å². The van der Waals surface area contributed by atoms with Crippen molar-refractivity contribution in [3.8, 4) is 5.75 Å². The molecule has 1 atom stereocenters. The van der Waals surface area contributed by atoms with Gasteiger partial charge in [0.25, 0.3) is 0 Å². The number of halogens is 3. The number of alkyl halides is 3. The third-order valence-corrected chi connectivity index (χ3v) is 2.96. The molecule has 0 fully saturated rings. The predicted octanol–water partition coefficient (Wildman–Crippen LogP) is 2.44. The lowest BCUT2D eigenvalue weighted by Gasteiger charge is -2.20. The Morgan fingerprint density at radius 1 is 1.43 bits per heavy atom. The molecule has 122 valence electrons. The maximum Gasteiger partial charge on any atom is 0.411 e. The van der Waals surface area contributed by atoms with Gasteiger partial charge in [0.15, 0.2) is 5.75 Å². The van der Waals surface area contributed by atoms with E-state index in [9.17, 15) is 13.2 Å². The minimum Gasteiger partial charge on any atom is -0.493 e. The summed E-state index contributed by atoms with van der Waals surface area (Å²) >= 11 is 0. The second-order valence-electron chi connectivity index (χ2n) is 4.68. The summed E-state index contributed by atoms with van der Waals surface area (Å²) in [6.07, 6.45) is -1.38. The number of aromatic nitrogens is 2. The summed E-state index contributed by atoms with van der Waals surface area (Å²) in [5, 5.41) is 7.40. The molecule has 0 bridgehead atoms. The van der Waals surface area contributed by atoms with Crippen LogP contribution in [-0.2, 0) is 11.8 Å². The van der Waals surface area contributed by atoms with Crippen LogP contribution in [0.15, 0.2) is 6.20 Å². The van der Waals surface area contributed by atoms with E-state index in [1.807, 2.05) is 6.92 Å². The molecule has 1 heterocycles. The molecule has 5 nitrogen and oxygen atoms in total. The first-order valence-electron chi connectivity index (χ1n) is 6.82. The van der Waals surface area contributed by atoms with Gasteiger partial charge in [0, 0.05) is 13.7 Å². The van der Waals surface area contributed by atoms with Crippen LogP contribution in [0.4, 0.5) is 13.2 Å². The Hall–Kier alpha value is -1.28. The van der Waals surface area contributed by atoms with Crippen LogP contribution < -0.4 is 10.1 Å². The molecule has 0 saturated carbocycles. The minimum atomic E-state index is -4.30. The van der Waals surface area contributed by atoms with Gasteiger partial charge in [-0.25, -0.2) is 0 Å². The van der Waals surface area contributed by atoms with Crippen LogP contribution in [0.1, 0.15) is 31.5 Å². The molecule has 0 aliphatic rings. The first kappa shape index (κ1) is 17.8. The lowest BCUT2D eigenvalue weighted by Crippen LogP contribution is -2.27. The van der Waals surface area contributed by atoms with Crippen LogP contribution in [0, 0.1) is 0 Å². The first-order valence-corrected chi connectivity index (χ1v) is 6.82. The third kappa shape index (κ3) is 5.92. The third-order valence-electron chi connectivity index (χ3n) is 2.96. The summed E-state index contributed by atoms with van der Waals surface area (Å²) in [5.74, 6) is 0.613. The lowest BCUT2D eigenvalue weighted by atomic mass is 10.1. The van der Waals surface area contributed by atoms with Crippen LogP contribution in [0.5, 0.6) is 5.75 Å². The molecule has 8 heteroatoms. The maximum absolute atomic E-state index is 12.1. The van der Waals surface area contributed by atoms with Gasteiger partial charge in [0.1, 0.15) is 6.61 Å². The fourth-order valence-electron chi connectivity index (χ4n) is 2.02. The van der Waals surface area contributed by atoms with Crippen LogP contribution in [0.3, 0.4) is 0 Å². The van der Waals surface area contributed by atoms with E-state index in [0.717, 1.165) is 18.7 Å². The van der Waals surface area contributed by atoms with Gasteiger partial charge in [-0.2, -0.15) is 18.3 Å². The van der Waals surface area contributed by atoms with Gasteiger partial charge >= 0.3 is 6.18 Å². The van der Waals surface area contributed by atoms with Gasteiger partial charge in [0.2, 0.25) is 0 Å². The van der Waals surface area contributed by atoms with Gasteiger partial charge < -0.3 is 14.8 Å². The van der Waals surface area contributed by atoms with Gasteiger partial charge in [-0.3, -0.25) is 4.68 Å². The highest BCUT2D eigenvalue weighted by Crippen LogP contribution is 2.26. The van der Waals surface area contributed by atoms with Crippen molar-refractivity contribution in [3.63, 3.8) is 0 Å². The smallest absolute Gasteiger partial charge is 0.411 e. The van der Waals surface area contributed by atoms with Crippen LogP contribution in [0.25, 0.3) is 0 Å². The number of ether oxygens (including phenoxy) is 2. The van der Waals surface area contributed by atoms with E-state index in [1.165, 1.54) is 7.11 Å². The Morgan fingerprint density at radius 3 is 2.71 bits per heavy atom. The summed E-state index contributed by atoms with van der Waals surface area (Å²) in [7, 11) is 3.31. The van der Waals surface area contributed by atoms with Gasteiger partial charge in [0.05, 0.1) is 25.0 Å². The molecule has 0 aliphatic heterocycles. The Kier molecular flexibility index (Phi) is 6.97. The van der Waals surface area contributed by atoms with Crippen molar-refractivity contribution in [2.24, 2.45) is 7.05 Å². The van der Waals surface area contributed by atoms with Crippen molar-refractivity contribution in [2.45, 2.75) is 32.0 Å². The Bertz CT molecular complexity index is 421. The zero-order valence-corrected chi connectivity index (χ0v) is 12.5. The summed E-state index contributed by atoms with van der Waals surface area (Å²) in [5.41, 5.74) is 0.807. The first-order chi connectivity index (χ1) is 9.89. The molecule has 0 spiro atoms. The number of hydrogen-bond acceptors (Lipinski definition) is 4. The van der Waals surface area contributed by atoms with Crippen molar-refractivity contribution in [3.05, 3.63) is 11.9 Å². The zero-order valence-electron chi connectivity index (χ0n) is 12.5. The summed E-state index contributed by atoms with van der Waals surface area (Å²) in [6.45, 7) is 1.55. The van der Waals surface area contributed by atoms with E-state index < -0.39 is 12.8 Å². The van der Waals surface area contributed by atoms with Crippen molar-refractivity contribution in [1.82, 2.24) is 15.1 Å². The highest BCUT2D eigenvalue weighted by molar-refractivity contribution is 5.28.